The lowest BCUT2D eigenvalue weighted by molar-refractivity contribution is 0.554. The van der Waals surface area contributed by atoms with Crippen LogP contribution in [0.2, 0.25) is 0 Å². The molecule has 0 aliphatic heterocycles. The molecule has 0 saturated carbocycles. The summed E-state index contributed by atoms with van der Waals surface area (Å²) in [6, 6.07) is 2.07. The van der Waals surface area contributed by atoms with Crippen LogP contribution in [0.15, 0.2) is 11.1 Å². The molecule has 3 N–H and O–H groups in total. The molecular weight excluding hydrogens is 455 g/mol. The molecule has 25 heavy (non-hydrogen) atoms. The van der Waals surface area contributed by atoms with Crippen LogP contribution in [0.5, 0.6) is 0 Å². The van der Waals surface area contributed by atoms with Crippen molar-refractivity contribution in [2.75, 3.05) is 32.4 Å². The minimum Gasteiger partial charge on any atom is -0.356 e. The molecule has 1 heterocycles. The standard InChI is InChI=1S/C15H30N6O2S.HI/c1-5-24(22,23)19-10-6-8-17-15(16-4)18-9-7-11-21-14(3)12-13(2)20-21;/h12,19H,5-11H2,1-4H3,(H2,16,17,18);1H. The second-order valence-electron chi connectivity index (χ2n) is 5.58. The van der Waals surface area contributed by atoms with Crippen LogP contribution in [-0.4, -0.2) is 56.6 Å². The first kappa shape index (κ1) is 24.1. The molecule has 0 aromatic carbocycles. The molecule has 0 saturated heterocycles. The fraction of sp³-hybridized carbons (Fsp3) is 0.733. The van der Waals surface area contributed by atoms with Crippen LogP contribution >= 0.6 is 24.0 Å². The summed E-state index contributed by atoms with van der Waals surface area (Å²) in [5.41, 5.74) is 2.21. The van der Waals surface area contributed by atoms with E-state index in [-0.39, 0.29) is 29.7 Å². The van der Waals surface area contributed by atoms with Gasteiger partial charge in [0.1, 0.15) is 0 Å². The summed E-state index contributed by atoms with van der Waals surface area (Å²) in [6.45, 7) is 8.41. The van der Waals surface area contributed by atoms with Crippen LogP contribution in [0, 0.1) is 13.8 Å². The fourth-order valence-electron chi connectivity index (χ4n) is 2.18. The van der Waals surface area contributed by atoms with Crippen LogP contribution in [0.4, 0.5) is 0 Å². The van der Waals surface area contributed by atoms with Crippen LogP contribution in [0.25, 0.3) is 0 Å². The van der Waals surface area contributed by atoms with E-state index < -0.39 is 10.0 Å². The zero-order valence-corrected chi connectivity index (χ0v) is 18.6. The van der Waals surface area contributed by atoms with Crippen LogP contribution < -0.4 is 15.4 Å². The molecule has 1 aromatic heterocycles. The summed E-state index contributed by atoms with van der Waals surface area (Å²) < 4.78 is 27.1. The van der Waals surface area contributed by atoms with E-state index in [0.717, 1.165) is 31.2 Å². The van der Waals surface area contributed by atoms with Gasteiger partial charge in [0.25, 0.3) is 0 Å². The Morgan fingerprint density at radius 3 is 2.36 bits per heavy atom. The molecule has 146 valence electrons. The van der Waals surface area contributed by atoms with E-state index in [2.05, 4.69) is 38.4 Å². The Hall–Kier alpha value is -0.880. The molecular formula is C15H31IN6O2S. The topological polar surface area (TPSA) is 100 Å². The average molecular weight is 486 g/mol. The zero-order chi connectivity index (χ0) is 18.0. The van der Waals surface area contributed by atoms with Crippen LogP contribution in [0.3, 0.4) is 0 Å². The maximum absolute atomic E-state index is 11.3. The number of nitrogens with one attached hydrogen (secondary N) is 3. The van der Waals surface area contributed by atoms with Crippen molar-refractivity contribution >= 4 is 40.0 Å². The summed E-state index contributed by atoms with van der Waals surface area (Å²) in [5, 5.41) is 10.8. The Labute approximate surface area is 168 Å². The molecule has 0 aliphatic carbocycles. The Bertz CT molecular complexity index is 630. The van der Waals surface area contributed by atoms with Gasteiger partial charge in [-0.25, -0.2) is 13.1 Å². The quantitative estimate of drug-likeness (QED) is 0.198. The molecule has 0 spiro atoms. The van der Waals surface area contributed by atoms with E-state index in [4.69, 9.17) is 0 Å². The van der Waals surface area contributed by atoms with E-state index in [1.165, 1.54) is 5.69 Å². The molecule has 0 unspecified atom stereocenters. The minimum absolute atomic E-state index is 0. The van der Waals surface area contributed by atoms with Crippen molar-refractivity contribution in [3.63, 3.8) is 0 Å². The van der Waals surface area contributed by atoms with E-state index in [9.17, 15) is 8.42 Å². The summed E-state index contributed by atoms with van der Waals surface area (Å²) in [7, 11) is -1.39. The van der Waals surface area contributed by atoms with Gasteiger partial charge in [-0.05, 0) is 39.7 Å². The summed E-state index contributed by atoms with van der Waals surface area (Å²) in [6.07, 6.45) is 1.64. The second kappa shape index (κ2) is 12.5. The highest BCUT2D eigenvalue weighted by atomic mass is 127. The maximum atomic E-state index is 11.3. The highest BCUT2D eigenvalue weighted by molar-refractivity contribution is 14.0. The first-order valence-electron chi connectivity index (χ1n) is 8.31. The smallest absolute Gasteiger partial charge is 0.211 e. The summed E-state index contributed by atoms with van der Waals surface area (Å²) in [5.74, 6) is 0.834. The second-order valence-corrected chi connectivity index (χ2v) is 7.68. The van der Waals surface area contributed by atoms with Crippen LogP contribution in [0.1, 0.15) is 31.2 Å². The molecule has 0 radical (unpaired) electrons. The lowest BCUT2D eigenvalue weighted by atomic mass is 10.4. The average Bonchev–Trinajstić information content (AvgIpc) is 2.86. The van der Waals surface area contributed by atoms with Gasteiger partial charge in [-0.1, -0.05) is 0 Å². The van der Waals surface area contributed by atoms with Gasteiger partial charge in [-0.2, -0.15) is 5.10 Å². The summed E-state index contributed by atoms with van der Waals surface area (Å²) >= 11 is 0. The Kier molecular flexibility index (Phi) is 12.0. The van der Waals surface area contributed by atoms with Gasteiger partial charge in [-0.15, -0.1) is 24.0 Å². The van der Waals surface area contributed by atoms with E-state index >= 15 is 0 Å². The molecule has 8 nitrogen and oxygen atoms in total. The predicted molar refractivity (Wildman–Crippen MR) is 113 cm³/mol. The SMILES string of the molecule is CCS(=O)(=O)NCCCNC(=NC)NCCCn1nc(C)cc1C.I. The first-order valence-corrected chi connectivity index (χ1v) is 9.96. The predicted octanol–water partition coefficient (Wildman–Crippen LogP) is 1.00. The number of nitrogens with zero attached hydrogens (tertiary/aromatic N) is 3. The normalized spacial score (nSPS) is 11.9. The van der Waals surface area contributed by atoms with Gasteiger partial charge in [-0.3, -0.25) is 9.67 Å². The van der Waals surface area contributed by atoms with Crippen molar-refractivity contribution < 1.29 is 8.42 Å². The van der Waals surface area contributed by atoms with Crippen molar-refractivity contribution in [2.45, 2.75) is 40.2 Å². The van der Waals surface area contributed by atoms with Gasteiger partial charge in [0.2, 0.25) is 10.0 Å². The molecule has 10 heteroatoms. The molecule has 0 bridgehead atoms. The van der Waals surface area contributed by atoms with E-state index in [1.54, 1.807) is 14.0 Å². The van der Waals surface area contributed by atoms with Gasteiger partial charge in [0.05, 0.1) is 11.4 Å². The Morgan fingerprint density at radius 2 is 1.84 bits per heavy atom. The number of sulfonamides is 1. The van der Waals surface area contributed by atoms with Crippen molar-refractivity contribution in [2.24, 2.45) is 4.99 Å². The first-order chi connectivity index (χ1) is 11.4. The van der Waals surface area contributed by atoms with Crippen molar-refractivity contribution in [1.82, 2.24) is 25.1 Å². The highest BCUT2D eigenvalue weighted by Gasteiger charge is 2.05. The number of hydrogen-bond acceptors (Lipinski definition) is 4. The molecule has 0 atom stereocenters. The third kappa shape index (κ3) is 10.00. The Morgan fingerprint density at radius 1 is 1.20 bits per heavy atom. The lowest BCUT2D eigenvalue weighted by Gasteiger charge is -2.12. The van der Waals surface area contributed by atoms with Gasteiger partial charge < -0.3 is 10.6 Å². The summed E-state index contributed by atoms with van der Waals surface area (Å²) in [4.78, 5) is 4.15. The monoisotopic (exact) mass is 486 g/mol. The van der Waals surface area contributed by atoms with Gasteiger partial charge >= 0.3 is 0 Å². The van der Waals surface area contributed by atoms with E-state index in [0.29, 0.717) is 19.5 Å². The molecule has 1 aromatic rings. The minimum atomic E-state index is -3.10. The highest BCUT2D eigenvalue weighted by Crippen LogP contribution is 2.02. The fourth-order valence-corrected chi connectivity index (χ4v) is 2.84. The van der Waals surface area contributed by atoms with Gasteiger partial charge in [0, 0.05) is 38.9 Å². The van der Waals surface area contributed by atoms with Crippen molar-refractivity contribution in [1.29, 1.82) is 0 Å². The van der Waals surface area contributed by atoms with Crippen LogP contribution in [-0.2, 0) is 16.6 Å². The van der Waals surface area contributed by atoms with Gasteiger partial charge in [0.15, 0.2) is 5.96 Å². The van der Waals surface area contributed by atoms with Crippen molar-refractivity contribution in [3.05, 3.63) is 17.5 Å². The zero-order valence-electron chi connectivity index (χ0n) is 15.5. The number of guanidine groups is 1. The molecule has 0 fully saturated rings. The van der Waals surface area contributed by atoms with E-state index in [1.807, 2.05) is 11.6 Å². The third-order valence-electron chi connectivity index (χ3n) is 3.51. The lowest BCUT2D eigenvalue weighted by Crippen LogP contribution is -2.39. The number of aliphatic imine (C=N–C) groups is 1. The number of halogens is 1. The molecule has 0 amide bonds. The maximum Gasteiger partial charge on any atom is 0.211 e. The number of aromatic nitrogens is 2. The molecule has 0 aliphatic rings. The number of hydrogen-bond donors (Lipinski definition) is 3. The largest absolute Gasteiger partial charge is 0.356 e. The number of rotatable bonds is 10. The van der Waals surface area contributed by atoms with Crippen molar-refractivity contribution in [3.8, 4) is 0 Å². The Balaban J connectivity index is 0.00000576. The molecule has 1 rings (SSSR count). The number of aryl methyl sites for hydroxylation is 3. The third-order valence-corrected chi connectivity index (χ3v) is 4.92.